The van der Waals surface area contributed by atoms with E-state index in [-0.39, 0.29) is 18.0 Å². The van der Waals surface area contributed by atoms with Crippen LogP contribution in [-0.4, -0.2) is 21.9 Å². The quantitative estimate of drug-likeness (QED) is 0.292. The van der Waals surface area contributed by atoms with Gasteiger partial charge in [-0.25, -0.2) is 9.36 Å². The molecule has 7 nitrogen and oxygen atoms in total. The Hall–Kier alpha value is -3.97. The van der Waals surface area contributed by atoms with Crippen LogP contribution in [0.15, 0.2) is 65.5 Å². The summed E-state index contributed by atoms with van der Waals surface area (Å²) in [6.45, 7) is 6.23. The minimum Gasteiger partial charge on any atom is -0.490 e. The van der Waals surface area contributed by atoms with E-state index in [9.17, 15) is 9.59 Å². The number of fused-ring (bicyclic) bond motifs is 2. The summed E-state index contributed by atoms with van der Waals surface area (Å²) in [5.41, 5.74) is 4.41. The number of nitrogens with one attached hydrogen (secondary N) is 1. The average molecular weight is 518 g/mol. The highest BCUT2D eigenvalue weighted by Gasteiger charge is 2.31. The van der Waals surface area contributed by atoms with Gasteiger partial charge in [0.05, 0.1) is 28.6 Å². The molecule has 3 aromatic carbocycles. The highest BCUT2D eigenvalue weighted by atomic mass is 35.5. The Labute approximate surface area is 220 Å². The summed E-state index contributed by atoms with van der Waals surface area (Å²) in [5, 5.41) is 3.31. The van der Waals surface area contributed by atoms with Gasteiger partial charge in [0.25, 0.3) is 5.56 Å². The first-order chi connectivity index (χ1) is 17.9. The van der Waals surface area contributed by atoms with Crippen LogP contribution in [0.5, 0.6) is 17.4 Å². The summed E-state index contributed by atoms with van der Waals surface area (Å²) in [4.78, 5) is 26.9. The Morgan fingerprint density at radius 2 is 1.89 bits per heavy atom. The van der Waals surface area contributed by atoms with Crippen LogP contribution in [-0.2, 0) is 24.2 Å². The van der Waals surface area contributed by atoms with Gasteiger partial charge in [-0.2, -0.15) is 0 Å². The molecule has 1 aliphatic heterocycles. The zero-order chi connectivity index (χ0) is 26.1. The molecule has 190 valence electrons. The topological polar surface area (TPSA) is 74.5 Å². The van der Waals surface area contributed by atoms with Gasteiger partial charge in [0.15, 0.2) is 11.5 Å². The molecule has 5 rings (SSSR count). The highest BCUT2D eigenvalue weighted by molar-refractivity contribution is 6.33. The predicted octanol–water partition coefficient (Wildman–Crippen LogP) is 5.90. The lowest BCUT2D eigenvalue weighted by Gasteiger charge is -2.21. The molecule has 4 aromatic rings. The molecule has 37 heavy (non-hydrogen) atoms. The SMILES string of the molecule is CCOc1cccc2c1Oc1c(c(=O)n(-c3ccc(CC)cc3)n1CC(=O)Nc1ccc(C)cc1Cl)C2. The second-order valence-electron chi connectivity index (χ2n) is 8.97. The van der Waals surface area contributed by atoms with E-state index in [1.54, 1.807) is 16.8 Å². The number of ether oxygens (including phenoxy) is 2. The third kappa shape index (κ3) is 4.74. The Bertz CT molecular complexity index is 1540. The van der Waals surface area contributed by atoms with Crippen LogP contribution in [0, 0.1) is 6.92 Å². The van der Waals surface area contributed by atoms with E-state index in [1.165, 1.54) is 4.68 Å². The van der Waals surface area contributed by atoms with Crippen molar-refractivity contribution in [2.24, 2.45) is 0 Å². The van der Waals surface area contributed by atoms with E-state index < -0.39 is 0 Å². The lowest BCUT2D eigenvalue weighted by atomic mass is 10.0. The zero-order valence-corrected chi connectivity index (χ0v) is 21.8. The van der Waals surface area contributed by atoms with Gasteiger partial charge < -0.3 is 14.8 Å². The Balaban J connectivity index is 1.59. The molecule has 2 heterocycles. The summed E-state index contributed by atoms with van der Waals surface area (Å²) in [6.07, 6.45) is 1.25. The van der Waals surface area contributed by atoms with Crippen molar-refractivity contribution < 1.29 is 14.3 Å². The number of benzene rings is 3. The van der Waals surface area contributed by atoms with E-state index >= 15 is 0 Å². The summed E-state index contributed by atoms with van der Waals surface area (Å²) in [7, 11) is 0. The smallest absolute Gasteiger partial charge is 0.278 e. The number of amides is 1. The molecule has 0 aliphatic carbocycles. The fourth-order valence-electron chi connectivity index (χ4n) is 4.53. The molecule has 0 radical (unpaired) electrons. The van der Waals surface area contributed by atoms with Gasteiger partial charge >= 0.3 is 0 Å². The number of aryl methyl sites for hydroxylation is 2. The van der Waals surface area contributed by atoms with Gasteiger partial charge in [-0.15, -0.1) is 0 Å². The van der Waals surface area contributed by atoms with Crippen LogP contribution in [0.3, 0.4) is 0 Å². The van der Waals surface area contributed by atoms with E-state index in [4.69, 9.17) is 21.1 Å². The summed E-state index contributed by atoms with van der Waals surface area (Å²) >= 11 is 6.34. The number of para-hydroxylation sites is 1. The second kappa shape index (κ2) is 10.2. The predicted molar refractivity (Wildman–Crippen MR) is 145 cm³/mol. The average Bonchev–Trinajstić information content (AvgIpc) is 3.15. The normalized spacial score (nSPS) is 11.9. The molecule has 0 saturated heterocycles. The maximum absolute atomic E-state index is 13.7. The fourth-order valence-corrected chi connectivity index (χ4v) is 4.82. The molecule has 0 spiro atoms. The molecule has 1 amide bonds. The lowest BCUT2D eigenvalue weighted by molar-refractivity contribution is -0.117. The van der Waals surface area contributed by atoms with Crippen LogP contribution in [0.2, 0.25) is 5.02 Å². The molecule has 0 fully saturated rings. The highest BCUT2D eigenvalue weighted by Crippen LogP contribution is 2.42. The van der Waals surface area contributed by atoms with Crippen LogP contribution in [0.4, 0.5) is 5.69 Å². The molecule has 1 aliphatic rings. The first-order valence-electron chi connectivity index (χ1n) is 12.3. The van der Waals surface area contributed by atoms with E-state index in [2.05, 4.69) is 12.2 Å². The lowest BCUT2D eigenvalue weighted by Crippen LogP contribution is -2.27. The number of anilines is 1. The molecular weight excluding hydrogens is 490 g/mol. The number of halogens is 1. The van der Waals surface area contributed by atoms with E-state index in [1.807, 2.05) is 62.4 Å². The third-order valence-corrected chi connectivity index (χ3v) is 6.70. The number of carbonyl (C=O) groups excluding carboxylic acids is 1. The molecule has 0 unspecified atom stereocenters. The number of aromatic nitrogens is 2. The maximum Gasteiger partial charge on any atom is 0.278 e. The summed E-state index contributed by atoms with van der Waals surface area (Å²) < 4.78 is 15.2. The standard InChI is InChI=1S/C29H28ClN3O4/c1-4-19-10-12-21(13-11-19)33-28(35)22-16-20-7-6-8-25(36-5-2)27(20)37-29(22)32(33)17-26(34)31-24-14-9-18(3)15-23(24)30/h6-15H,4-5,16-17H2,1-3H3,(H,31,34). The molecular formula is C29H28ClN3O4. The number of carbonyl (C=O) groups is 1. The van der Waals surface area contributed by atoms with Gasteiger partial charge in [-0.3, -0.25) is 9.59 Å². The minimum atomic E-state index is -0.338. The van der Waals surface area contributed by atoms with Gasteiger partial charge in [-0.1, -0.05) is 48.9 Å². The fraction of sp³-hybridized carbons (Fsp3) is 0.241. The van der Waals surface area contributed by atoms with Crippen molar-refractivity contribution in [3.05, 3.63) is 98.3 Å². The number of hydrogen-bond donors (Lipinski definition) is 1. The second-order valence-corrected chi connectivity index (χ2v) is 9.37. The molecule has 1 N–H and O–H groups in total. The Kier molecular flexibility index (Phi) is 6.80. The maximum atomic E-state index is 13.7. The first kappa shape index (κ1) is 24.7. The number of nitrogens with zero attached hydrogens (tertiary/aromatic N) is 2. The number of hydrogen-bond acceptors (Lipinski definition) is 4. The van der Waals surface area contributed by atoms with Crippen LogP contribution >= 0.6 is 11.6 Å². The first-order valence-corrected chi connectivity index (χ1v) is 12.7. The molecule has 8 heteroatoms. The van der Waals surface area contributed by atoms with Crippen molar-refractivity contribution in [3.8, 4) is 23.1 Å². The van der Waals surface area contributed by atoms with Crippen LogP contribution < -0.4 is 20.3 Å². The van der Waals surface area contributed by atoms with Gasteiger partial charge in [0.1, 0.15) is 6.54 Å². The van der Waals surface area contributed by atoms with Crippen molar-refractivity contribution >= 4 is 23.2 Å². The van der Waals surface area contributed by atoms with Crippen molar-refractivity contribution in [3.63, 3.8) is 0 Å². The van der Waals surface area contributed by atoms with Crippen molar-refractivity contribution in [1.82, 2.24) is 9.36 Å². The summed E-state index contributed by atoms with van der Waals surface area (Å²) in [6, 6.07) is 18.8. The molecule has 1 aromatic heterocycles. The minimum absolute atomic E-state index is 0.156. The van der Waals surface area contributed by atoms with Crippen LogP contribution in [0.25, 0.3) is 5.69 Å². The Morgan fingerprint density at radius 3 is 2.59 bits per heavy atom. The van der Waals surface area contributed by atoms with Crippen molar-refractivity contribution in [2.45, 2.75) is 40.2 Å². The van der Waals surface area contributed by atoms with Crippen molar-refractivity contribution in [1.29, 1.82) is 0 Å². The zero-order valence-electron chi connectivity index (χ0n) is 21.0. The van der Waals surface area contributed by atoms with Gasteiger partial charge in [-0.05, 0) is 61.7 Å². The third-order valence-electron chi connectivity index (χ3n) is 6.39. The molecule has 0 saturated carbocycles. The number of rotatable bonds is 7. The van der Waals surface area contributed by atoms with Gasteiger partial charge in [0.2, 0.25) is 11.8 Å². The van der Waals surface area contributed by atoms with Crippen LogP contribution in [0.1, 0.15) is 36.1 Å². The summed E-state index contributed by atoms with van der Waals surface area (Å²) in [5.74, 6) is 1.15. The monoisotopic (exact) mass is 517 g/mol. The Morgan fingerprint density at radius 1 is 1.11 bits per heavy atom. The van der Waals surface area contributed by atoms with E-state index in [0.717, 1.165) is 23.1 Å². The molecule has 0 bridgehead atoms. The molecule has 0 atom stereocenters. The van der Waals surface area contributed by atoms with Gasteiger partial charge in [0, 0.05) is 12.0 Å². The van der Waals surface area contributed by atoms with Crippen molar-refractivity contribution in [2.75, 3.05) is 11.9 Å². The van der Waals surface area contributed by atoms with E-state index in [0.29, 0.717) is 52.4 Å². The largest absolute Gasteiger partial charge is 0.490 e.